The molecular weight excluding hydrogens is 1180 g/mol. The van der Waals surface area contributed by atoms with E-state index in [1.165, 1.54) is 6.07 Å². The Kier molecular flexibility index (Phi) is 17.9. The van der Waals surface area contributed by atoms with Crippen molar-refractivity contribution in [2.75, 3.05) is 32.1 Å². The molecule has 0 spiro atoms. The summed E-state index contributed by atoms with van der Waals surface area (Å²) in [5.74, 6) is 0.0362. The van der Waals surface area contributed by atoms with Gasteiger partial charge in [-0.25, -0.2) is 0 Å². The van der Waals surface area contributed by atoms with E-state index in [9.17, 15) is 45.6 Å². The summed E-state index contributed by atoms with van der Waals surface area (Å²) < 4.78 is 14.0. The number of carbonyl (C=O) groups excluding carboxylic acids is 1. The Labute approximate surface area is 522 Å². The van der Waals surface area contributed by atoms with Crippen LogP contribution in [-0.4, -0.2) is 102 Å². The summed E-state index contributed by atoms with van der Waals surface area (Å²) in [7, 11) is 6.76. The minimum atomic E-state index is -1.03. The number of Topliss-reactive ketones (excluding diaryl/α,β-unsaturated/α-hetero) is 1. The van der Waals surface area contributed by atoms with Crippen molar-refractivity contribution in [2.24, 2.45) is 17.8 Å². The van der Waals surface area contributed by atoms with E-state index in [0.717, 1.165) is 87.5 Å². The van der Waals surface area contributed by atoms with Crippen molar-refractivity contribution >= 4 is 70.7 Å². The number of ketones is 1. The van der Waals surface area contributed by atoms with Gasteiger partial charge in [-0.05, 0) is 179 Å². The zero-order valence-corrected chi connectivity index (χ0v) is 52.4. The molecule has 5 heterocycles. The molecule has 13 nitrogen and oxygen atoms in total. The van der Waals surface area contributed by atoms with Crippen molar-refractivity contribution in [2.45, 2.75) is 150 Å². The Balaban J connectivity index is 0.956. The van der Waals surface area contributed by atoms with E-state index in [1.54, 1.807) is 43.2 Å². The summed E-state index contributed by atoms with van der Waals surface area (Å²) in [5, 5.41) is 99.0. The lowest BCUT2D eigenvalue weighted by Crippen LogP contribution is -2.41. The normalized spacial score (nSPS) is 25.0. The summed E-state index contributed by atoms with van der Waals surface area (Å²) in [5.41, 5.74) is 10.5. The molecule has 0 saturated carbocycles. The molecule has 5 bridgehead atoms. The molecule has 2 aliphatic carbocycles. The number of ether oxygens (including phenoxy) is 1. The van der Waals surface area contributed by atoms with E-state index in [4.69, 9.17) is 9.15 Å². The Morgan fingerprint density at radius 3 is 2.47 bits per heavy atom. The van der Waals surface area contributed by atoms with Crippen LogP contribution in [0.3, 0.4) is 0 Å². The summed E-state index contributed by atoms with van der Waals surface area (Å²) in [6, 6.07) is 26.4. The number of phenolic OH excluding ortho intramolecular Hbond substituents is 2. The zero-order chi connectivity index (χ0) is 60.4. The second-order valence-corrected chi connectivity index (χ2v) is 30.8. The minimum Gasteiger partial charge on any atom is -0.507 e. The first-order valence-electron chi connectivity index (χ1n) is 31.1. The Morgan fingerprint density at radius 2 is 1.66 bits per heavy atom. The number of hydrogen-bond acceptors (Lipinski definition) is 17. The number of benzene rings is 6. The third kappa shape index (κ3) is 11.5. The van der Waals surface area contributed by atoms with E-state index >= 15 is 4.79 Å². The SMILES string of the molecule is CC(C)Cc1cc(-c2oc3cc(O)c4c(c3c(=O)c2O)OC2CC3c5c-4cc4c6c(ccc(c56)C(SSCCCC2O)C3O)CC(CCCO)C4CCO)c2c(c1O)Cc1cccc(c1)C1NCC(Cc3cccc(CC(=O)CCO)c3)CC1SSC2. The van der Waals surface area contributed by atoms with E-state index < -0.39 is 35.4 Å². The third-order valence-electron chi connectivity index (χ3n) is 19.4. The second kappa shape index (κ2) is 25.6. The van der Waals surface area contributed by atoms with Gasteiger partial charge in [0, 0.05) is 85.0 Å². The van der Waals surface area contributed by atoms with Gasteiger partial charge in [-0.15, -0.1) is 0 Å². The molecule has 10 unspecified atom stereocenters. The fourth-order valence-corrected chi connectivity index (χ4v) is 21.4. The monoisotopic (exact) mass is 1250 g/mol. The highest BCUT2D eigenvalue weighted by molar-refractivity contribution is 8.77. The maximum absolute atomic E-state index is 15.7. The van der Waals surface area contributed by atoms with Gasteiger partial charge in [0.1, 0.15) is 40.1 Å². The highest BCUT2D eigenvalue weighted by Crippen LogP contribution is 2.61. The van der Waals surface area contributed by atoms with Crippen molar-refractivity contribution in [3.8, 4) is 45.4 Å². The number of rotatable bonds is 14. The summed E-state index contributed by atoms with van der Waals surface area (Å²) in [6.45, 7) is 4.77. The molecule has 0 radical (unpaired) electrons. The number of fused-ring (bicyclic) bond motifs is 12. The molecule has 4 aliphatic heterocycles. The number of nitrogens with one attached hydrogen (secondary N) is 1. The van der Waals surface area contributed by atoms with Crippen LogP contribution < -0.4 is 15.5 Å². The number of hydrogen-bond donors (Lipinski definition) is 9. The molecule has 87 heavy (non-hydrogen) atoms. The van der Waals surface area contributed by atoms with Crippen LogP contribution >= 0.6 is 43.2 Å². The van der Waals surface area contributed by atoms with Crippen LogP contribution in [-0.2, 0) is 42.7 Å². The predicted molar refractivity (Wildman–Crippen MR) is 350 cm³/mol. The molecule has 2 saturated heterocycles. The highest BCUT2D eigenvalue weighted by Gasteiger charge is 2.47. The van der Waals surface area contributed by atoms with Gasteiger partial charge in [-0.1, -0.05) is 118 Å². The van der Waals surface area contributed by atoms with E-state index in [-0.39, 0.29) is 119 Å². The van der Waals surface area contributed by atoms with E-state index in [1.807, 2.05) is 18.2 Å². The number of aliphatic hydroxyl groups excluding tert-OH is 5. The Bertz CT molecular complexity index is 3850. The molecule has 2 fully saturated rings. The van der Waals surface area contributed by atoms with Gasteiger partial charge < -0.3 is 55.3 Å². The lowest BCUT2D eigenvalue weighted by Gasteiger charge is -2.43. The second-order valence-electron chi connectivity index (χ2n) is 25.6. The highest BCUT2D eigenvalue weighted by atomic mass is 33.1. The van der Waals surface area contributed by atoms with Crippen LogP contribution in [0.1, 0.15) is 150 Å². The maximum atomic E-state index is 15.7. The fraction of sp³-hybridized carbons (Fsp3) is 0.457. The van der Waals surface area contributed by atoms with Crippen LogP contribution in [0.5, 0.6) is 23.0 Å². The van der Waals surface area contributed by atoms with Crippen molar-refractivity contribution in [3.05, 3.63) is 150 Å². The van der Waals surface area contributed by atoms with Gasteiger partial charge in [0.05, 0.1) is 23.0 Å². The van der Waals surface area contributed by atoms with E-state index in [2.05, 4.69) is 73.8 Å². The van der Waals surface area contributed by atoms with Crippen LogP contribution in [0.2, 0.25) is 0 Å². The van der Waals surface area contributed by atoms with E-state index in [0.29, 0.717) is 83.8 Å². The number of phenols is 2. The molecule has 1 aromatic heterocycles. The van der Waals surface area contributed by atoms with Crippen molar-refractivity contribution in [3.63, 3.8) is 0 Å². The molecule has 9 N–H and O–H groups in total. The van der Waals surface area contributed by atoms with Crippen molar-refractivity contribution in [1.82, 2.24) is 5.32 Å². The molecule has 458 valence electrons. The summed E-state index contributed by atoms with van der Waals surface area (Å²) >= 11 is 0. The van der Waals surface area contributed by atoms with Crippen molar-refractivity contribution in [1.29, 1.82) is 0 Å². The van der Waals surface area contributed by atoms with Gasteiger partial charge in [-0.3, -0.25) is 9.59 Å². The lowest BCUT2D eigenvalue weighted by molar-refractivity contribution is -0.119. The molecular formula is C70H77NO12S4. The third-order valence-corrected chi connectivity index (χ3v) is 25.0. The van der Waals surface area contributed by atoms with Gasteiger partial charge in [0.25, 0.3) is 0 Å². The molecule has 0 amide bonds. The van der Waals surface area contributed by atoms with Crippen LogP contribution in [0.4, 0.5) is 0 Å². The van der Waals surface area contributed by atoms with Crippen molar-refractivity contribution < 1.29 is 54.8 Å². The maximum Gasteiger partial charge on any atom is 0.238 e. The fourth-order valence-electron chi connectivity index (χ4n) is 15.5. The summed E-state index contributed by atoms with van der Waals surface area (Å²) in [6.07, 6.45) is 3.89. The average molecular weight is 1250 g/mol. The number of carbonyl (C=O) groups is 1. The quantitative estimate of drug-likeness (QED) is 0.0461. The zero-order valence-electron chi connectivity index (χ0n) is 49.1. The number of aliphatic hydroxyl groups is 5. The van der Waals surface area contributed by atoms with Crippen LogP contribution in [0, 0.1) is 17.8 Å². The standard InChI is InChI=1S/C70H77NO12S4/c1-35(2)21-43-29-49(52-34-85-86-57-27-39(23-36-7-3-8-37(22-36)25-44(75)15-18-73)33-71-63(57)42-10-4-9-38(24-42)26-48(52)64(43)78)68-67(81)66(80)62-56(83-68)32-54(77)60-50-30-47-45(16-19-74)40(11-5-17-72)28-41-13-14-46-61(58(41)47)59(50)51-31-55(82-69(60)62)53(76)12-6-20-84-87-70(46)65(51)79/h3-4,7-10,13-14,22,24,29-30,32,35,39-40,45,51,53,55,57,63,65,70-74,76-79,81H,5-6,11-12,15-21,23,25-28,31,33-34H2,1-2H3. The summed E-state index contributed by atoms with van der Waals surface area (Å²) in [4.78, 5) is 28.2. The molecule has 10 atom stereocenters. The topological polar surface area (TPSA) is 230 Å². The van der Waals surface area contributed by atoms with Gasteiger partial charge in [-0.2, -0.15) is 0 Å². The number of aromatic hydroxyl groups is 3. The predicted octanol–water partition coefficient (Wildman–Crippen LogP) is 12.4. The molecule has 17 heteroatoms. The lowest BCUT2D eigenvalue weighted by atomic mass is 9.65. The first-order chi connectivity index (χ1) is 42.2. The Hall–Kier alpha value is -5.18. The molecule has 6 aliphatic rings. The molecule has 7 aromatic rings. The molecule has 6 aromatic carbocycles. The van der Waals surface area contributed by atoms with Crippen LogP contribution in [0.25, 0.3) is 44.2 Å². The number of piperidine rings is 1. The Morgan fingerprint density at radius 1 is 0.816 bits per heavy atom. The largest absolute Gasteiger partial charge is 0.507 e. The van der Waals surface area contributed by atoms with Gasteiger partial charge in [0.2, 0.25) is 11.2 Å². The minimum absolute atomic E-state index is 0.00937. The average Bonchev–Trinajstić information content (AvgIpc) is 0.855. The first kappa shape index (κ1) is 60.7. The van der Waals surface area contributed by atoms with Gasteiger partial charge in [0.15, 0.2) is 5.76 Å². The smallest absolute Gasteiger partial charge is 0.238 e. The first-order valence-corrected chi connectivity index (χ1v) is 35.9. The molecule has 13 rings (SSSR count). The van der Waals surface area contributed by atoms with Gasteiger partial charge >= 0.3 is 0 Å². The van der Waals surface area contributed by atoms with Crippen LogP contribution in [0.15, 0.2) is 88.1 Å².